The first-order valence-electron chi connectivity index (χ1n) is 9.32. The second-order valence-corrected chi connectivity index (χ2v) is 6.99. The zero-order valence-electron chi connectivity index (χ0n) is 14.8. The summed E-state index contributed by atoms with van der Waals surface area (Å²) >= 11 is 0. The summed E-state index contributed by atoms with van der Waals surface area (Å²) in [5.41, 5.74) is 0.707. The quantitative estimate of drug-likeness (QED) is 0.636. The molecule has 0 bridgehead atoms. The molecule has 2 unspecified atom stereocenters. The molecule has 2 aliphatic heterocycles. The van der Waals surface area contributed by atoms with E-state index in [-0.39, 0.29) is 23.4 Å². The zero-order chi connectivity index (χ0) is 18.5. The molecule has 26 heavy (non-hydrogen) atoms. The largest absolute Gasteiger partial charge is 0.355 e. The third kappa shape index (κ3) is 4.00. The van der Waals surface area contributed by atoms with Gasteiger partial charge in [-0.25, -0.2) is 0 Å². The van der Waals surface area contributed by atoms with Gasteiger partial charge in [-0.3, -0.25) is 19.2 Å². The standard InChI is InChI=1S/C20H24N2O4/c23-17(15-8-1-3-10-21-19(15)25)13-6-5-7-14(12-13)18(24)16-9-2-4-11-22-20(16)26/h5-7,12,15-16H,1-4,8-11H2,(H,21,25)(H,22,26). The van der Waals surface area contributed by atoms with Crippen LogP contribution >= 0.6 is 0 Å². The number of carbonyl (C=O) groups excluding carboxylic acids is 4. The second-order valence-electron chi connectivity index (χ2n) is 6.99. The van der Waals surface area contributed by atoms with E-state index in [4.69, 9.17) is 0 Å². The summed E-state index contributed by atoms with van der Waals surface area (Å²) in [7, 11) is 0. The number of amides is 2. The lowest BCUT2D eigenvalue weighted by atomic mass is 9.89. The Morgan fingerprint density at radius 3 is 1.69 bits per heavy atom. The highest BCUT2D eigenvalue weighted by Crippen LogP contribution is 2.22. The lowest BCUT2D eigenvalue weighted by molar-refractivity contribution is -0.124. The normalized spacial score (nSPS) is 24.0. The van der Waals surface area contributed by atoms with Crippen molar-refractivity contribution >= 4 is 23.4 Å². The number of hydrogen-bond donors (Lipinski definition) is 2. The lowest BCUT2D eigenvalue weighted by Gasteiger charge is -2.14. The number of nitrogens with one attached hydrogen (secondary N) is 2. The molecule has 6 nitrogen and oxygen atoms in total. The highest BCUT2D eigenvalue weighted by Gasteiger charge is 2.31. The summed E-state index contributed by atoms with van der Waals surface area (Å²) in [5.74, 6) is -2.42. The molecule has 1 aromatic rings. The Morgan fingerprint density at radius 1 is 0.769 bits per heavy atom. The van der Waals surface area contributed by atoms with Gasteiger partial charge < -0.3 is 10.6 Å². The van der Waals surface area contributed by atoms with Crippen molar-refractivity contribution in [3.63, 3.8) is 0 Å². The van der Waals surface area contributed by atoms with Gasteiger partial charge in [-0.1, -0.05) is 31.0 Å². The van der Waals surface area contributed by atoms with Crippen LogP contribution in [-0.2, 0) is 9.59 Å². The Hall–Kier alpha value is -2.50. The highest BCUT2D eigenvalue weighted by atomic mass is 16.2. The van der Waals surface area contributed by atoms with Crippen molar-refractivity contribution < 1.29 is 19.2 Å². The molecule has 6 heteroatoms. The molecule has 0 saturated carbocycles. The maximum Gasteiger partial charge on any atom is 0.230 e. The van der Waals surface area contributed by atoms with Crippen LogP contribution in [0.5, 0.6) is 0 Å². The molecular formula is C20H24N2O4. The number of carbonyl (C=O) groups is 4. The van der Waals surface area contributed by atoms with E-state index in [1.807, 2.05) is 0 Å². The van der Waals surface area contributed by atoms with Gasteiger partial charge in [0.2, 0.25) is 11.8 Å². The summed E-state index contributed by atoms with van der Waals surface area (Å²) in [5, 5.41) is 5.53. The van der Waals surface area contributed by atoms with E-state index in [2.05, 4.69) is 10.6 Å². The third-order valence-electron chi connectivity index (χ3n) is 5.14. The molecule has 2 N–H and O–H groups in total. The SMILES string of the molecule is O=C1NCCCCC1C(=O)c1cccc(C(=O)C2CCCCNC2=O)c1. The molecule has 3 rings (SSSR count). The average Bonchev–Trinajstić information content (AvgIpc) is 3.00. The van der Waals surface area contributed by atoms with Gasteiger partial charge >= 0.3 is 0 Å². The van der Waals surface area contributed by atoms with Crippen LogP contribution in [0.1, 0.15) is 59.2 Å². The van der Waals surface area contributed by atoms with Crippen molar-refractivity contribution in [2.75, 3.05) is 13.1 Å². The predicted octanol–water partition coefficient (Wildman–Crippen LogP) is 1.88. The number of benzene rings is 1. The van der Waals surface area contributed by atoms with Crippen molar-refractivity contribution in [2.24, 2.45) is 11.8 Å². The number of Topliss-reactive ketones (excluding diaryl/α,β-unsaturated/α-hetero) is 2. The van der Waals surface area contributed by atoms with Gasteiger partial charge in [-0.2, -0.15) is 0 Å². The van der Waals surface area contributed by atoms with Crippen LogP contribution in [0.15, 0.2) is 24.3 Å². The zero-order valence-corrected chi connectivity index (χ0v) is 14.8. The van der Waals surface area contributed by atoms with Gasteiger partial charge in [0.05, 0.1) is 0 Å². The minimum atomic E-state index is -0.705. The van der Waals surface area contributed by atoms with Crippen molar-refractivity contribution in [2.45, 2.75) is 38.5 Å². The molecule has 2 aliphatic rings. The lowest BCUT2D eigenvalue weighted by Crippen LogP contribution is -2.34. The van der Waals surface area contributed by atoms with Gasteiger partial charge in [-0.05, 0) is 31.7 Å². The first kappa shape index (κ1) is 18.3. The molecular weight excluding hydrogens is 332 g/mol. The molecule has 2 fully saturated rings. The van der Waals surface area contributed by atoms with Crippen molar-refractivity contribution in [1.82, 2.24) is 10.6 Å². The molecule has 0 aliphatic carbocycles. The number of ketones is 2. The first-order chi connectivity index (χ1) is 12.6. The van der Waals surface area contributed by atoms with Gasteiger partial charge in [0.25, 0.3) is 0 Å². The number of hydrogen-bond acceptors (Lipinski definition) is 4. The number of rotatable bonds is 4. The van der Waals surface area contributed by atoms with Gasteiger partial charge in [-0.15, -0.1) is 0 Å². The smallest absolute Gasteiger partial charge is 0.230 e. The van der Waals surface area contributed by atoms with Gasteiger partial charge in [0.1, 0.15) is 11.8 Å². The van der Waals surface area contributed by atoms with E-state index in [1.165, 1.54) is 6.07 Å². The summed E-state index contributed by atoms with van der Waals surface area (Å²) in [6.07, 6.45) is 4.41. The predicted molar refractivity (Wildman–Crippen MR) is 95.8 cm³/mol. The fraction of sp³-hybridized carbons (Fsp3) is 0.500. The Bertz CT molecular complexity index is 671. The van der Waals surface area contributed by atoms with Crippen molar-refractivity contribution in [1.29, 1.82) is 0 Å². The molecule has 2 amide bonds. The summed E-state index contributed by atoms with van der Waals surface area (Å²) < 4.78 is 0. The summed E-state index contributed by atoms with van der Waals surface area (Å²) in [6.45, 7) is 1.19. The monoisotopic (exact) mass is 356 g/mol. The van der Waals surface area contributed by atoms with Crippen LogP contribution in [0.25, 0.3) is 0 Å². The maximum absolute atomic E-state index is 12.8. The van der Waals surface area contributed by atoms with Crippen LogP contribution < -0.4 is 10.6 Å². The van der Waals surface area contributed by atoms with Crippen LogP contribution in [0.3, 0.4) is 0 Å². The Labute approximate surface area is 152 Å². The summed E-state index contributed by atoms with van der Waals surface area (Å²) in [4.78, 5) is 49.8. The van der Waals surface area contributed by atoms with Gasteiger partial charge in [0.15, 0.2) is 11.6 Å². The van der Waals surface area contributed by atoms with E-state index in [1.54, 1.807) is 18.2 Å². The first-order valence-corrected chi connectivity index (χ1v) is 9.32. The Kier molecular flexibility index (Phi) is 5.81. The van der Waals surface area contributed by atoms with E-state index >= 15 is 0 Å². The average molecular weight is 356 g/mol. The molecule has 0 radical (unpaired) electrons. The fourth-order valence-electron chi connectivity index (χ4n) is 3.61. The van der Waals surface area contributed by atoms with Crippen LogP contribution in [0, 0.1) is 11.8 Å². The second kappa shape index (κ2) is 8.25. The fourth-order valence-corrected chi connectivity index (χ4v) is 3.61. The molecule has 2 saturated heterocycles. The molecule has 138 valence electrons. The maximum atomic E-state index is 12.8. The topological polar surface area (TPSA) is 92.3 Å². The van der Waals surface area contributed by atoms with E-state index in [9.17, 15) is 19.2 Å². The minimum absolute atomic E-state index is 0.243. The molecule has 1 aromatic carbocycles. The Balaban J connectivity index is 1.81. The van der Waals surface area contributed by atoms with Crippen LogP contribution in [0.2, 0.25) is 0 Å². The van der Waals surface area contributed by atoms with E-state index in [0.717, 1.165) is 25.7 Å². The van der Waals surface area contributed by atoms with Crippen LogP contribution in [-0.4, -0.2) is 36.5 Å². The van der Waals surface area contributed by atoms with Gasteiger partial charge in [0, 0.05) is 24.2 Å². The third-order valence-corrected chi connectivity index (χ3v) is 5.14. The highest BCUT2D eigenvalue weighted by molar-refractivity contribution is 6.13. The van der Waals surface area contributed by atoms with Crippen molar-refractivity contribution in [3.05, 3.63) is 35.4 Å². The minimum Gasteiger partial charge on any atom is -0.355 e. The molecule has 2 heterocycles. The van der Waals surface area contributed by atoms with E-state index in [0.29, 0.717) is 37.1 Å². The molecule has 0 spiro atoms. The van der Waals surface area contributed by atoms with Crippen LogP contribution in [0.4, 0.5) is 0 Å². The van der Waals surface area contributed by atoms with Crippen molar-refractivity contribution in [3.8, 4) is 0 Å². The van der Waals surface area contributed by atoms with E-state index < -0.39 is 11.8 Å². The Morgan fingerprint density at radius 2 is 1.23 bits per heavy atom. The molecule has 0 aromatic heterocycles. The molecule has 2 atom stereocenters. The summed E-state index contributed by atoms with van der Waals surface area (Å²) in [6, 6.07) is 6.43.